The van der Waals surface area contributed by atoms with Gasteiger partial charge in [-0.05, 0) is 17.4 Å². The van der Waals surface area contributed by atoms with Crippen molar-refractivity contribution >= 4 is 39.5 Å². The maximum absolute atomic E-state index is 12.4. The van der Waals surface area contributed by atoms with Crippen molar-refractivity contribution in [2.45, 2.75) is 20.4 Å². The van der Waals surface area contributed by atoms with E-state index in [9.17, 15) is 4.79 Å². The molecule has 5 nitrogen and oxygen atoms in total. The first-order valence-electron chi connectivity index (χ1n) is 6.75. The highest BCUT2D eigenvalue weighted by Crippen LogP contribution is 2.27. The average Bonchev–Trinajstić information content (AvgIpc) is 3.05. The second-order valence-electron chi connectivity index (χ2n) is 5.25. The third-order valence-corrected chi connectivity index (χ3v) is 4.71. The first kappa shape index (κ1) is 15.8. The summed E-state index contributed by atoms with van der Waals surface area (Å²) in [5.74, 6) is 0.723. The highest BCUT2D eigenvalue weighted by atomic mass is 32.1. The average molecular weight is 324 g/mol. The molecule has 0 aliphatic rings. The van der Waals surface area contributed by atoms with Gasteiger partial charge in [0.15, 0.2) is 5.13 Å². The molecule has 2 aromatic heterocycles. The summed E-state index contributed by atoms with van der Waals surface area (Å²) in [4.78, 5) is 20.0. The highest BCUT2D eigenvalue weighted by Gasteiger charge is 2.20. The van der Waals surface area contributed by atoms with Crippen LogP contribution >= 0.6 is 22.7 Å². The Labute approximate surface area is 132 Å². The van der Waals surface area contributed by atoms with Gasteiger partial charge < -0.3 is 16.0 Å². The quantitative estimate of drug-likeness (QED) is 0.856. The van der Waals surface area contributed by atoms with Crippen LogP contribution in [0.2, 0.25) is 0 Å². The summed E-state index contributed by atoms with van der Waals surface area (Å²) in [5.41, 5.74) is 5.87. The number of nitrogens with zero attached hydrogens (tertiary/aromatic N) is 2. The van der Waals surface area contributed by atoms with E-state index in [0.29, 0.717) is 28.3 Å². The van der Waals surface area contributed by atoms with E-state index < -0.39 is 0 Å². The van der Waals surface area contributed by atoms with Gasteiger partial charge in [0.05, 0.1) is 6.54 Å². The lowest BCUT2D eigenvalue weighted by Crippen LogP contribution is -2.25. The number of rotatable bonds is 6. The molecule has 2 heterocycles. The number of hydrogen-bond acceptors (Lipinski definition) is 6. The molecule has 0 aliphatic heterocycles. The Hall–Kier alpha value is -1.60. The molecule has 0 saturated heterocycles. The predicted molar refractivity (Wildman–Crippen MR) is 90.0 cm³/mol. The zero-order valence-corrected chi connectivity index (χ0v) is 14.1. The molecule has 0 fully saturated rings. The minimum absolute atomic E-state index is 0.0870. The number of hydrogen-bond donors (Lipinski definition) is 2. The van der Waals surface area contributed by atoms with Crippen molar-refractivity contribution in [1.82, 2.24) is 9.88 Å². The Morgan fingerprint density at radius 1 is 1.52 bits per heavy atom. The van der Waals surface area contributed by atoms with Crippen LogP contribution in [-0.4, -0.2) is 29.4 Å². The molecular weight excluding hydrogens is 304 g/mol. The molecule has 0 bridgehead atoms. The molecular formula is C14H20N4OS2. The predicted octanol–water partition coefficient (Wildman–Crippen LogP) is 3.13. The third kappa shape index (κ3) is 4.18. The third-order valence-electron chi connectivity index (χ3n) is 2.83. The van der Waals surface area contributed by atoms with Crippen LogP contribution in [0.1, 0.15) is 28.4 Å². The first-order chi connectivity index (χ1) is 9.97. The summed E-state index contributed by atoms with van der Waals surface area (Å²) in [7, 11) is 1.78. The maximum Gasteiger partial charge on any atom is 0.267 e. The smallest absolute Gasteiger partial charge is 0.267 e. The molecule has 0 aliphatic carbocycles. The standard InChI is InChI=1S/C14H20N4OS2/c1-9(2)7-16-14-17-12(15)11(21-14)13(19)18(3)8-10-5-4-6-20-10/h4-6,9H,7-8,15H2,1-3H3,(H,16,17). The van der Waals surface area contributed by atoms with Gasteiger partial charge in [-0.2, -0.15) is 0 Å². The second kappa shape index (κ2) is 6.91. The summed E-state index contributed by atoms with van der Waals surface area (Å²) in [6, 6.07) is 3.99. The number of amides is 1. The lowest BCUT2D eigenvalue weighted by Gasteiger charge is -2.15. The highest BCUT2D eigenvalue weighted by molar-refractivity contribution is 7.18. The van der Waals surface area contributed by atoms with E-state index in [2.05, 4.69) is 24.1 Å². The summed E-state index contributed by atoms with van der Waals surface area (Å²) in [6.45, 7) is 5.63. The number of aromatic nitrogens is 1. The van der Waals surface area contributed by atoms with Gasteiger partial charge in [0.2, 0.25) is 0 Å². The lowest BCUT2D eigenvalue weighted by atomic mass is 10.2. The Morgan fingerprint density at radius 2 is 2.29 bits per heavy atom. The molecule has 3 N–H and O–H groups in total. The zero-order valence-electron chi connectivity index (χ0n) is 12.4. The number of anilines is 2. The van der Waals surface area contributed by atoms with E-state index in [-0.39, 0.29) is 5.91 Å². The van der Waals surface area contributed by atoms with Crippen LogP contribution in [0.4, 0.5) is 10.9 Å². The molecule has 0 radical (unpaired) electrons. The van der Waals surface area contributed by atoms with Gasteiger partial charge in [-0.15, -0.1) is 11.3 Å². The molecule has 21 heavy (non-hydrogen) atoms. The molecule has 2 aromatic rings. The fourth-order valence-electron chi connectivity index (χ4n) is 1.73. The Kier molecular flexibility index (Phi) is 5.19. The van der Waals surface area contributed by atoms with Crippen LogP contribution in [0.15, 0.2) is 17.5 Å². The van der Waals surface area contributed by atoms with Gasteiger partial charge in [0, 0.05) is 18.5 Å². The molecule has 0 saturated carbocycles. The van der Waals surface area contributed by atoms with Crippen molar-refractivity contribution in [3.05, 3.63) is 27.3 Å². The van der Waals surface area contributed by atoms with E-state index in [4.69, 9.17) is 5.73 Å². The van der Waals surface area contributed by atoms with E-state index in [1.54, 1.807) is 23.3 Å². The van der Waals surface area contributed by atoms with Crippen molar-refractivity contribution in [1.29, 1.82) is 0 Å². The van der Waals surface area contributed by atoms with Crippen LogP contribution in [0, 0.1) is 5.92 Å². The van der Waals surface area contributed by atoms with Crippen LogP contribution in [-0.2, 0) is 6.54 Å². The van der Waals surface area contributed by atoms with Crippen molar-refractivity contribution in [2.24, 2.45) is 5.92 Å². The molecule has 0 spiro atoms. The van der Waals surface area contributed by atoms with E-state index in [0.717, 1.165) is 11.4 Å². The van der Waals surface area contributed by atoms with Crippen molar-refractivity contribution < 1.29 is 4.79 Å². The molecule has 1 amide bonds. The van der Waals surface area contributed by atoms with Gasteiger partial charge in [-0.1, -0.05) is 31.3 Å². The number of carbonyl (C=O) groups excluding carboxylic acids is 1. The van der Waals surface area contributed by atoms with Gasteiger partial charge in [-0.3, -0.25) is 4.79 Å². The monoisotopic (exact) mass is 324 g/mol. The van der Waals surface area contributed by atoms with Gasteiger partial charge in [0.1, 0.15) is 10.7 Å². The van der Waals surface area contributed by atoms with Crippen LogP contribution in [0.3, 0.4) is 0 Å². The number of carbonyl (C=O) groups is 1. The van der Waals surface area contributed by atoms with Crippen LogP contribution in [0.5, 0.6) is 0 Å². The molecule has 2 rings (SSSR count). The van der Waals surface area contributed by atoms with Crippen LogP contribution in [0.25, 0.3) is 0 Å². The van der Waals surface area contributed by atoms with Crippen molar-refractivity contribution in [3.63, 3.8) is 0 Å². The number of thiazole rings is 1. The molecule has 0 aromatic carbocycles. The first-order valence-corrected chi connectivity index (χ1v) is 8.45. The molecule has 7 heteroatoms. The lowest BCUT2D eigenvalue weighted by molar-refractivity contribution is 0.0792. The Balaban J connectivity index is 2.04. The summed E-state index contributed by atoms with van der Waals surface area (Å²) in [6.07, 6.45) is 0. The largest absolute Gasteiger partial charge is 0.382 e. The number of nitrogens with one attached hydrogen (secondary N) is 1. The maximum atomic E-state index is 12.4. The van der Waals surface area contributed by atoms with Gasteiger partial charge in [-0.25, -0.2) is 4.98 Å². The minimum atomic E-state index is -0.0870. The number of nitrogen functional groups attached to an aromatic ring is 1. The summed E-state index contributed by atoms with van der Waals surface area (Å²) >= 11 is 2.95. The SMILES string of the molecule is CC(C)CNc1nc(N)c(C(=O)N(C)Cc2cccs2)s1. The minimum Gasteiger partial charge on any atom is -0.382 e. The van der Waals surface area contributed by atoms with E-state index >= 15 is 0 Å². The topological polar surface area (TPSA) is 71.2 Å². The number of thiophene rings is 1. The van der Waals surface area contributed by atoms with Gasteiger partial charge >= 0.3 is 0 Å². The van der Waals surface area contributed by atoms with Crippen LogP contribution < -0.4 is 11.1 Å². The van der Waals surface area contributed by atoms with Crippen molar-refractivity contribution in [2.75, 3.05) is 24.6 Å². The Morgan fingerprint density at radius 3 is 2.90 bits per heavy atom. The summed E-state index contributed by atoms with van der Waals surface area (Å²) in [5, 5.41) is 5.91. The van der Waals surface area contributed by atoms with E-state index in [1.807, 2.05) is 17.5 Å². The second-order valence-corrected chi connectivity index (χ2v) is 7.28. The fourth-order valence-corrected chi connectivity index (χ4v) is 3.38. The fraction of sp³-hybridized carbons (Fsp3) is 0.429. The van der Waals surface area contributed by atoms with E-state index in [1.165, 1.54) is 11.3 Å². The van der Waals surface area contributed by atoms with Crippen molar-refractivity contribution in [3.8, 4) is 0 Å². The molecule has 0 unspecified atom stereocenters. The number of nitrogens with two attached hydrogens (primary N) is 1. The summed E-state index contributed by atoms with van der Waals surface area (Å²) < 4.78 is 0. The molecule has 114 valence electrons. The zero-order chi connectivity index (χ0) is 15.4. The van der Waals surface area contributed by atoms with Gasteiger partial charge in [0.25, 0.3) is 5.91 Å². The molecule has 0 atom stereocenters. The Bertz CT molecular complexity index is 592. The normalized spacial score (nSPS) is 10.9.